The molecule has 3 N–H and O–H groups in total. The summed E-state index contributed by atoms with van der Waals surface area (Å²) in [4.78, 5) is 4.44. The Bertz CT molecular complexity index is 582. The summed E-state index contributed by atoms with van der Waals surface area (Å²) in [6.45, 7) is 10.4. The van der Waals surface area contributed by atoms with E-state index >= 15 is 0 Å². The van der Waals surface area contributed by atoms with Crippen LogP contribution in [-0.4, -0.2) is 27.7 Å². The van der Waals surface area contributed by atoms with Gasteiger partial charge in [0.15, 0.2) is 5.82 Å². The molecule has 0 radical (unpaired) electrons. The molecule has 0 fully saturated rings. The van der Waals surface area contributed by atoms with E-state index in [4.69, 9.17) is 5.73 Å². The quantitative estimate of drug-likeness (QED) is 0.802. The van der Waals surface area contributed by atoms with Crippen molar-refractivity contribution in [2.24, 2.45) is 11.7 Å². The standard InChI is InChI=1S/C16H27N5/c1-12(11-17)6-5-7-18-15-13-10-14(16(2,3)4)20-21(13)9-8-19-15/h8-10,12H,5-7,11,17H2,1-4H3,(H,18,19). The second kappa shape index (κ2) is 6.43. The maximum Gasteiger partial charge on any atom is 0.152 e. The number of nitrogens with two attached hydrogens (primary N) is 1. The summed E-state index contributed by atoms with van der Waals surface area (Å²) in [6.07, 6.45) is 5.92. The minimum absolute atomic E-state index is 0.0415. The second-order valence-corrected chi connectivity index (χ2v) is 6.80. The van der Waals surface area contributed by atoms with Crippen molar-refractivity contribution in [3.8, 4) is 0 Å². The molecule has 21 heavy (non-hydrogen) atoms. The summed E-state index contributed by atoms with van der Waals surface area (Å²) in [6, 6.07) is 2.12. The van der Waals surface area contributed by atoms with Crippen LogP contribution in [0.5, 0.6) is 0 Å². The zero-order valence-electron chi connectivity index (χ0n) is 13.6. The van der Waals surface area contributed by atoms with Gasteiger partial charge in [0, 0.05) is 24.4 Å². The van der Waals surface area contributed by atoms with Crippen LogP contribution in [0.2, 0.25) is 0 Å². The van der Waals surface area contributed by atoms with E-state index < -0.39 is 0 Å². The summed E-state index contributed by atoms with van der Waals surface area (Å²) >= 11 is 0. The van der Waals surface area contributed by atoms with Crippen molar-refractivity contribution in [2.45, 2.75) is 46.0 Å². The number of fused-ring (bicyclic) bond motifs is 1. The minimum atomic E-state index is 0.0415. The molecule has 0 spiro atoms. The van der Waals surface area contributed by atoms with Crippen LogP contribution >= 0.6 is 0 Å². The van der Waals surface area contributed by atoms with Crippen molar-refractivity contribution in [1.82, 2.24) is 14.6 Å². The molecule has 0 bridgehead atoms. The van der Waals surface area contributed by atoms with Crippen LogP contribution in [-0.2, 0) is 5.41 Å². The number of nitrogens with one attached hydrogen (secondary N) is 1. The molecule has 2 heterocycles. The number of hydrogen-bond acceptors (Lipinski definition) is 4. The molecule has 0 saturated carbocycles. The Morgan fingerprint density at radius 3 is 2.81 bits per heavy atom. The van der Waals surface area contributed by atoms with Gasteiger partial charge in [0.25, 0.3) is 0 Å². The molecule has 1 atom stereocenters. The summed E-state index contributed by atoms with van der Waals surface area (Å²) in [5, 5.41) is 8.05. The molecule has 0 aliphatic rings. The first kappa shape index (κ1) is 15.8. The largest absolute Gasteiger partial charge is 0.368 e. The lowest BCUT2D eigenvalue weighted by molar-refractivity contribution is 0.529. The van der Waals surface area contributed by atoms with Crippen LogP contribution in [0.4, 0.5) is 5.82 Å². The molecule has 1 unspecified atom stereocenters. The monoisotopic (exact) mass is 289 g/mol. The molecule has 2 aromatic rings. The highest BCUT2D eigenvalue weighted by Crippen LogP contribution is 2.24. The SMILES string of the molecule is CC(CN)CCCNc1nccn2nc(C(C)(C)C)cc12. The van der Waals surface area contributed by atoms with Gasteiger partial charge in [-0.1, -0.05) is 27.7 Å². The molecule has 0 aromatic carbocycles. The van der Waals surface area contributed by atoms with E-state index in [9.17, 15) is 0 Å². The first-order valence-corrected chi connectivity index (χ1v) is 7.70. The number of anilines is 1. The van der Waals surface area contributed by atoms with E-state index in [1.165, 1.54) is 0 Å². The highest BCUT2D eigenvalue weighted by molar-refractivity contribution is 5.68. The molecule has 5 heteroatoms. The lowest BCUT2D eigenvalue weighted by Crippen LogP contribution is -2.12. The van der Waals surface area contributed by atoms with E-state index in [-0.39, 0.29) is 5.41 Å². The Balaban J connectivity index is 2.08. The predicted octanol–water partition coefficient (Wildman–Crippen LogP) is 2.81. The summed E-state index contributed by atoms with van der Waals surface area (Å²) < 4.78 is 1.90. The molecule has 0 aliphatic heterocycles. The molecule has 0 amide bonds. The van der Waals surface area contributed by atoms with Gasteiger partial charge in [0.1, 0.15) is 5.52 Å². The maximum absolute atomic E-state index is 5.64. The number of hydrogen-bond donors (Lipinski definition) is 2. The lowest BCUT2D eigenvalue weighted by atomic mass is 9.92. The molecule has 2 aromatic heterocycles. The van der Waals surface area contributed by atoms with E-state index in [1.54, 1.807) is 6.20 Å². The topological polar surface area (TPSA) is 68.2 Å². The molecular formula is C16H27N5. The van der Waals surface area contributed by atoms with Crippen LogP contribution in [0.1, 0.15) is 46.2 Å². The third kappa shape index (κ3) is 3.94. The maximum atomic E-state index is 5.64. The van der Waals surface area contributed by atoms with Crippen molar-refractivity contribution in [2.75, 3.05) is 18.4 Å². The molecule has 5 nitrogen and oxygen atoms in total. The second-order valence-electron chi connectivity index (χ2n) is 6.80. The van der Waals surface area contributed by atoms with Crippen LogP contribution < -0.4 is 11.1 Å². The fraction of sp³-hybridized carbons (Fsp3) is 0.625. The van der Waals surface area contributed by atoms with Gasteiger partial charge in [-0.3, -0.25) is 0 Å². The Morgan fingerprint density at radius 1 is 1.38 bits per heavy atom. The Kier molecular flexibility index (Phi) is 4.83. The van der Waals surface area contributed by atoms with Crippen molar-refractivity contribution < 1.29 is 0 Å². The zero-order valence-corrected chi connectivity index (χ0v) is 13.6. The van der Waals surface area contributed by atoms with Gasteiger partial charge in [-0.2, -0.15) is 5.10 Å². The van der Waals surface area contributed by atoms with Gasteiger partial charge in [-0.15, -0.1) is 0 Å². The van der Waals surface area contributed by atoms with Crippen molar-refractivity contribution in [3.05, 3.63) is 24.2 Å². The Labute approximate surface area is 126 Å². The minimum Gasteiger partial charge on any atom is -0.368 e. The Morgan fingerprint density at radius 2 is 2.14 bits per heavy atom. The molecular weight excluding hydrogens is 262 g/mol. The van der Waals surface area contributed by atoms with Crippen LogP contribution in [0.3, 0.4) is 0 Å². The van der Waals surface area contributed by atoms with E-state index in [0.717, 1.165) is 43.0 Å². The highest BCUT2D eigenvalue weighted by Gasteiger charge is 2.18. The summed E-state index contributed by atoms with van der Waals surface area (Å²) in [5.41, 5.74) is 7.80. The average molecular weight is 289 g/mol. The van der Waals surface area contributed by atoms with Gasteiger partial charge < -0.3 is 11.1 Å². The fourth-order valence-corrected chi connectivity index (χ4v) is 2.20. The van der Waals surface area contributed by atoms with E-state index in [0.29, 0.717) is 5.92 Å². The zero-order chi connectivity index (χ0) is 15.5. The molecule has 2 rings (SSSR count). The molecule has 116 valence electrons. The van der Waals surface area contributed by atoms with Crippen molar-refractivity contribution >= 4 is 11.3 Å². The first-order valence-electron chi connectivity index (χ1n) is 7.70. The summed E-state index contributed by atoms with van der Waals surface area (Å²) in [7, 11) is 0. The number of nitrogens with zero attached hydrogens (tertiary/aromatic N) is 3. The van der Waals surface area contributed by atoms with Crippen LogP contribution in [0.15, 0.2) is 18.5 Å². The van der Waals surface area contributed by atoms with E-state index in [2.05, 4.69) is 49.2 Å². The van der Waals surface area contributed by atoms with E-state index in [1.807, 2.05) is 10.7 Å². The normalized spacial score (nSPS) is 13.6. The van der Waals surface area contributed by atoms with Gasteiger partial charge in [0.05, 0.1) is 5.69 Å². The van der Waals surface area contributed by atoms with Gasteiger partial charge in [-0.05, 0) is 31.4 Å². The van der Waals surface area contributed by atoms with Crippen molar-refractivity contribution in [1.29, 1.82) is 0 Å². The smallest absolute Gasteiger partial charge is 0.152 e. The third-order valence-electron chi connectivity index (χ3n) is 3.73. The van der Waals surface area contributed by atoms with Gasteiger partial charge >= 0.3 is 0 Å². The highest BCUT2D eigenvalue weighted by atomic mass is 15.2. The Hall–Kier alpha value is -1.62. The van der Waals surface area contributed by atoms with Crippen LogP contribution in [0.25, 0.3) is 5.52 Å². The molecule has 0 aliphatic carbocycles. The van der Waals surface area contributed by atoms with Crippen molar-refractivity contribution in [3.63, 3.8) is 0 Å². The first-order chi connectivity index (χ1) is 9.91. The predicted molar refractivity (Wildman–Crippen MR) is 87.6 cm³/mol. The lowest BCUT2D eigenvalue weighted by Gasteiger charge is -2.13. The fourth-order valence-electron chi connectivity index (χ4n) is 2.20. The van der Waals surface area contributed by atoms with Gasteiger partial charge in [0.2, 0.25) is 0 Å². The molecule has 0 saturated heterocycles. The third-order valence-corrected chi connectivity index (χ3v) is 3.73. The average Bonchev–Trinajstić information content (AvgIpc) is 2.88. The summed E-state index contributed by atoms with van der Waals surface area (Å²) in [5.74, 6) is 1.49. The van der Waals surface area contributed by atoms with Gasteiger partial charge in [-0.25, -0.2) is 9.50 Å². The van der Waals surface area contributed by atoms with Crippen LogP contribution in [0, 0.1) is 5.92 Å². The number of aromatic nitrogens is 3. The number of rotatable bonds is 6.